The Bertz CT molecular complexity index is 1100. The summed E-state index contributed by atoms with van der Waals surface area (Å²) in [6.07, 6.45) is 0.225. The van der Waals surface area contributed by atoms with Gasteiger partial charge in [-0.3, -0.25) is 4.79 Å². The van der Waals surface area contributed by atoms with Gasteiger partial charge < -0.3 is 15.0 Å². The summed E-state index contributed by atoms with van der Waals surface area (Å²) in [6, 6.07) is 12.8. The minimum Gasteiger partial charge on any atom is -0.464 e. The van der Waals surface area contributed by atoms with Gasteiger partial charge in [-0.15, -0.1) is 0 Å². The monoisotopic (exact) mass is 429 g/mol. The normalized spacial score (nSPS) is 11.7. The number of hydrogen-bond acceptors (Lipinski definition) is 4. The van der Waals surface area contributed by atoms with Crippen LogP contribution in [0.1, 0.15) is 28.5 Å². The molecule has 2 aromatic carbocycles. The molecular formula is C21H17Cl2N3O3. The van der Waals surface area contributed by atoms with Gasteiger partial charge in [0.1, 0.15) is 11.7 Å². The van der Waals surface area contributed by atoms with Crippen molar-refractivity contribution in [1.82, 2.24) is 10.3 Å². The third kappa shape index (κ3) is 4.89. The van der Waals surface area contributed by atoms with E-state index in [0.29, 0.717) is 26.5 Å². The maximum atomic E-state index is 12.8. The maximum absolute atomic E-state index is 12.8. The van der Waals surface area contributed by atoms with Crippen molar-refractivity contribution >= 4 is 46.0 Å². The van der Waals surface area contributed by atoms with Crippen LogP contribution in [0.3, 0.4) is 0 Å². The van der Waals surface area contributed by atoms with E-state index in [1.54, 1.807) is 49.4 Å². The van der Waals surface area contributed by atoms with Gasteiger partial charge in [-0.25, -0.2) is 4.79 Å². The van der Waals surface area contributed by atoms with Crippen LogP contribution >= 0.6 is 23.2 Å². The highest BCUT2D eigenvalue weighted by Gasteiger charge is 2.24. The largest absolute Gasteiger partial charge is 0.464 e. The topological polar surface area (TPSA) is 95.0 Å². The molecule has 3 rings (SSSR count). The van der Waals surface area contributed by atoms with Crippen LogP contribution in [0.5, 0.6) is 0 Å². The number of carbonyl (C=O) groups excluding carboxylic acids is 2. The molecule has 6 nitrogen and oxygen atoms in total. The Morgan fingerprint density at radius 3 is 2.59 bits per heavy atom. The van der Waals surface area contributed by atoms with E-state index >= 15 is 0 Å². The Morgan fingerprint density at radius 2 is 1.93 bits per heavy atom. The molecule has 0 aliphatic heterocycles. The van der Waals surface area contributed by atoms with E-state index in [-0.39, 0.29) is 18.7 Å². The first kappa shape index (κ1) is 20.7. The second-order valence-electron chi connectivity index (χ2n) is 6.32. The predicted octanol–water partition coefficient (Wildman–Crippen LogP) is 4.25. The van der Waals surface area contributed by atoms with Gasteiger partial charge in [-0.1, -0.05) is 35.3 Å². The fourth-order valence-electron chi connectivity index (χ4n) is 2.91. The number of nitrogens with zero attached hydrogens (tertiary/aromatic N) is 1. The average molecular weight is 430 g/mol. The van der Waals surface area contributed by atoms with Crippen LogP contribution in [0, 0.1) is 11.3 Å². The Labute approximate surface area is 177 Å². The van der Waals surface area contributed by atoms with Crippen molar-refractivity contribution in [2.75, 3.05) is 6.61 Å². The van der Waals surface area contributed by atoms with Crippen LogP contribution in [0.4, 0.5) is 0 Å². The number of fused-ring (bicyclic) bond motifs is 1. The highest BCUT2D eigenvalue weighted by molar-refractivity contribution is 6.38. The lowest BCUT2D eigenvalue weighted by atomic mass is 10.0. The molecule has 0 aliphatic rings. The number of ether oxygens (including phenoxy) is 1. The molecule has 1 amide bonds. The lowest BCUT2D eigenvalue weighted by Gasteiger charge is -2.17. The molecular weight excluding hydrogens is 413 g/mol. The van der Waals surface area contributed by atoms with Crippen molar-refractivity contribution in [1.29, 1.82) is 5.26 Å². The molecule has 0 aliphatic carbocycles. The van der Waals surface area contributed by atoms with Crippen molar-refractivity contribution in [3.05, 3.63) is 69.3 Å². The summed E-state index contributed by atoms with van der Waals surface area (Å²) in [4.78, 5) is 28.1. The standard InChI is InChI=1S/C21H17Cl2N3O3/c1-2-29-21(28)19(7-12-3-5-13(11-24)6-4-12)26-20(27)18-10-15-16(23)8-14(22)9-17(15)25-18/h3-6,8-10,19,25H,2,7H2,1H3,(H,26,27). The zero-order valence-electron chi connectivity index (χ0n) is 15.5. The number of aromatic nitrogens is 1. The minimum absolute atomic E-state index is 0.194. The first-order valence-electron chi connectivity index (χ1n) is 8.85. The third-order valence-electron chi connectivity index (χ3n) is 4.30. The Kier molecular flexibility index (Phi) is 6.42. The van der Waals surface area contributed by atoms with Crippen LogP contribution in [-0.2, 0) is 16.0 Å². The van der Waals surface area contributed by atoms with E-state index in [0.717, 1.165) is 5.56 Å². The molecule has 1 unspecified atom stereocenters. The number of nitrogens with one attached hydrogen (secondary N) is 2. The number of aromatic amines is 1. The van der Waals surface area contributed by atoms with E-state index < -0.39 is 17.9 Å². The number of nitriles is 1. The first-order valence-corrected chi connectivity index (χ1v) is 9.61. The van der Waals surface area contributed by atoms with E-state index in [4.69, 9.17) is 33.2 Å². The van der Waals surface area contributed by atoms with Gasteiger partial charge in [-0.2, -0.15) is 5.26 Å². The zero-order valence-corrected chi connectivity index (χ0v) is 17.0. The van der Waals surface area contributed by atoms with Gasteiger partial charge in [0.25, 0.3) is 5.91 Å². The van der Waals surface area contributed by atoms with Crippen molar-refractivity contribution in [2.24, 2.45) is 0 Å². The van der Waals surface area contributed by atoms with Crippen molar-refractivity contribution < 1.29 is 14.3 Å². The Hall–Kier alpha value is -3.01. The first-order chi connectivity index (χ1) is 13.9. The average Bonchev–Trinajstić information content (AvgIpc) is 3.12. The van der Waals surface area contributed by atoms with E-state index in [9.17, 15) is 9.59 Å². The van der Waals surface area contributed by atoms with Gasteiger partial charge in [0.05, 0.1) is 23.3 Å². The summed E-state index contributed by atoms with van der Waals surface area (Å²) >= 11 is 12.2. The van der Waals surface area contributed by atoms with Crippen LogP contribution in [0.2, 0.25) is 10.0 Å². The second-order valence-corrected chi connectivity index (χ2v) is 7.17. The second kappa shape index (κ2) is 8.99. The van der Waals surface area contributed by atoms with Crippen molar-refractivity contribution in [3.8, 4) is 6.07 Å². The molecule has 0 bridgehead atoms. The highest BCUT2D eigenvalue weighted by Crippen LogP contribution is 2.28. The summed E-state index contributed by atoms with van der Waals surface area (Å²) in [5, 5.41) is 13.1. The van der Waals surface area contributed by atoms with Crippen LogP contribution < -0.4 is 5.32 Å². The Balaban J connectivity index is 1.82. The lowest BCUT2D eigenvalue weighted by Crippen LogP contribution is -2.43. The fraction of sp³-hybridized carbons (Fsp3) is 0.190. The Morgan fingerprint density at radius 1 is 1.21 bits per heavy atom. The minimum atomic E-state index is -0.888. The maximum Gasteiger partial charge on any atom is 0.328 e. The fourth-order valence-corrected chi connectivity index (χ4v) is 3.45. The molecule has 29 heavy (non-hydrogen) atoms. The molecule has 3 aromatic rings. The summed E-state index contributed by atoms with van der Waals surface area (Å²) < 4.78 is 5.10. The summed E-state index contributed by atoms with van der Waals surface area (Å²) in [6.45, 7) is 1.89. The van der Waals surface area contributed by atoms with E-state index in [1.807, 2.05) is 6.07 Å². The SMILES string of the molecule is CCOC(=O)C(Cc1ccc(C#N)cc1)NC(=O)c1cc2c(Cl)cc(Cl)cc2[nH]1. The van der Waals surface area contributed by atoms with Gasteiger partial charge in [0.2, 0.25) is 0 Å². The number of benzene rings is 2. The highest BCUT2D eigenvalue weighted by atomic mass is 35.5. The molecule has 2 N–H and O–H groups in total. The lowest BCUT2D eigenvalue weighted by molar-refractivity contribution is -0.145. The van der Waals surface area contributed by atoms with Gasteiger partial charge in [0.15, 0.2) is 0 Å². The van der Waals surface area contributed by atoms with Crippen LogP contribution in [0.15, 0.2) is 42.5 Å². The number of carbonyl (C=O) groups is 2. The number of H-pyrrole nitrogens is 1. The number of amides is 1. The smallest absolute Gasteiger partial charge is 0.328 e. The molecule has 1 atom stereocenters. The van der Waals surface area contributed by atoms with Crippen LogP contribution in [-0.4, -0.2) is 29.5 Å². The predicted molar refractivity (Wildman–Crippen MR) is 111 cm³/mol. The summed E-state index contributed by atoms with van der Waals surface area (Å²) in [5.74, 6) is -1.01. The molecule has 0 fully saturated rings. The van der Waals surface area contributed by atoms with Gasteiger partial charge in [-0.05, 0) is 42.8 Å². The quantitative estimate of drug-likeness (QED) is 0.572. The summed E-state index contributed by atoms with van der Waals surface area (Å²) in [5.41, 5.74) is 2.17. The van der Waals surface area contributed by atoms with Crippen molar-refractivity contribution in [2.45, 2.75) is 19.4 Å². The number of hydrogen-bond donors (Lipinski definition) is 2. The zero-order chi connectivity index (χ0) is 21.0. The number of halogens is 2. The van der Waals surface area contributed by atoms with Crippen molar-refractivity contribution in [3.63, 3.8) is 0 Å². The molecule has 0 radical (unpaired) electrons. The summed E-state index contributed by atoms with van der Waals surface area (Å²) in [7, 11) is 0. The number of rotatable bonds is 6. The molecule has 8 heteroatoms. The molecule has 1 heterocycles. The molecule has 0 saturated heterocycles. The number of esters is 1. The molecule has 148 valence electrons. The molecule has 0 saturated carbocycles. The third-order valence-corrected chi connectivity index (χ3v) is 4.83. The molecule has 0 spiro atoms. The van der Waals surface area contributed by atoms with E-state index in [2.05, 4.69) is 10.3 Å². The van der Waals surface area contributed by atoms with Gasteiger partial charge in [0, 0.05) is 22.3 Å². The molecule has 1 aromatic heterocycles. The van der Waals surface area contributed by atoms with Crippen LogP contribution in [0.25, 0.3) is 10.9 Å². The van der Waals surface area contributed by atoms with Gasteiger partial charge >= 0.3 is 5.97 Å². The van der Waals surface area contributed by atoms with E-state index in [1.165, 1.54) is 0 Å².